The molecule has 1 N–H and O–H groups in total. The summed E-state index contributed by atoms with van der Waals surface area (Å²) >= 11 is 0. The average molecular weight is 452 g/mol. The van der Waals surface area contributed by atoms with Gasteiger partial charge in [-0.1, -0.05) is 48.5 Å². The van der Waals surface area contributed by atoms with E-state index in [1.807, 2.05) is 42.5 Å². The molecule has 4 aromatic rings. The molecule has 0 radical (unpaired) electrons. The molecule has 0 atom stereocenters. The molecule has 0 bridgehead atoms. The third-order valence-electron chi connectivity index (χ3n) is 5.91. The van der Waals surface area contributed by atoms with Crippen LogP contribution in [0.4, 0.5) is 5.69 Å². The highest BCUT2D eigenvalue weighted by Gasteiger charge is 2.16. The number of nitrogens with zero attached hydrogens (tertiary/aromatic N) is 2. The third kappa shape index (κ3) is 4.76. The minimum Gasteiger partial charge on any atom is -0.484 e. The second-order valence-corrected chi connectivity index (χ2v) is 8.29. The maximum Gasteiger partial charge on any atom is 0.262 e. The summed E-state index contributed by atoms with van der Waals surface area (Å²) in [5.74, 6) is 1.30. The number of benzene rings is 3. The molecule has 1 aliphatic heterocycles. The number of aromatic nitrogens is 2. The van der Waals surface area contributed by atoms with Crippen LogP contribution in [0, 0.1) is 0 Å². The van der Waals surface area contributed by atoms with Gasteiger partial charge in [0.2, 0.25) is 0 Å². The van der Waals surface area contributed by atoms with E-state index in [9.17, 15) is 9.59 Å². The fourth-order valence-electron chi connectivity index (χ4n) is 4.15. The highest BCUT2D eigenvalue weighted by molar-refractivity contribution is 6.09. The molecule has 1 aliphatic rings. The Labute approximate surface area is 198 Å². The van der Waals surface area contributed by atoms with Gasteiger partial charge in [-0.2, -0.15) is 0 Å². The van der Waals surface area contributed by atoms with Gasteiger partial charge >= 0.3 is 0 Å². The monoisotopic (exact) mass is 451 g/mol. The van der Waals surface area contributed by atoms with E-state index in [0.717, 1.165) is 36.5 Å². The van der Waals surface area contributed by atoms with Crippen molar-refractivity contribution in [1.29, 1.82) is 0 Å². The van der Waals surface area contributed by atoms with Gasteiger partial charge in [0.15, 0.2) is 12.4 Å². The zero-order valence-corrected chi connectivity index (χ0v) is 18.7. The Bertz CT molecular complexity index is 1290. The number of aryl methyl sites for hydroxylation is 2. The summed E-state index contributed by atoms with van der Waals surface area (Å²) in [5.41, 5.74) is 3.66. The van der Waals surface area contributed by atoms with E-state index in [4.69, 9.17) is 9.72 Å². The number of carbonyl (C=O) groups is 2. The number of para-hydroxylation sites is 1. The minimum absolute atomic E-state index is 0.0533. The first-order valence-corrected chi connectivity index (χ1v) is 11.5. The third-order valence-corrected chi connectivity index (χ3v) is 5.91. The smallest absolute Gasteiger partial charge is 0.262 e. The van der Waals surface area contributed by atoms with E-state index < -0.39 is 0 Å². The number of carbonyl (C=O) groups excluding carboxylic acids is 2. The van der Waals surface area contributed by atoms with Crippen molar-refractivity contribution >= 4 is 17.4 Å². The average Bonchev–Trinajstić information content (AvgIpc) is 3.32. The molecule has 0 saturated heterocycles. The second-order valence-electron chi connectivity index (χ2n) is 8.29. The largest absolute Gasteiger partial charge is 0.484 e. The first-order valence-electron chi connectivity index (χ1n) is 11.5. The molecule has 0 spiro atoms. The van der Waals surface area contributed by atoms with Gasteiger partial charge in [0.05, 0.1) is 11.4 Å². The van der Waals surface area contributed by atoms with Crippen molar-refractivity contribution in [3.63, 3.8) is 0 Å². The Morgan fingerprint density at radius 2 is 1.62 bits per heavy atom. The predicted octanol–water partition coefficient (Wildman–Crippen LogP) is 5.13. The highest BCUT2D eigenvalue weighted by atomic mass is 16.5. The van der Waals surface area contributed by atoms with Gasteiger partial charge in [0.1, 0.15) is 11.6 Å². The number of amides is 1. The van der Waals surface area contributed by atoms with Gasteiger partial charge < -0.3 is 14.6 Å². The fourth-order valence-corrected chi connectivity index (χ4v) is 4.15. The van der Waals surface area contributed by atoms with Crippen LogP contribution in [-0.4, -0.2) is 27.8 Å². The number of ether oxygens (including phenoxy) is 1. The van der Waals surface area contributed by atoms with Crippen molar-refractivity contribution in [2.24, 2.45) is 0 Å². The van der Waals surface area contributed by atoms with Crippen LogP contribution in [0.25, 0.3) is 11.3 Å². The predicted molar refractivity (Wildman–Crippen MR) is 131 cm³/mol. The first-order chi connectivity index (χ1) is 16.7. The van der Waals surface area contributed by atoms with Gasteiger partial charge in [-0.25, -0.2) is 4.98 Å². The van der Waals surface area contributed by atoms with E-state index >= 15 is 0 Å². The van der Waals surface area contributed by atoms with Crippen LogP contribution < -0.4 is 10.1 Å². The lowest BCUT2D eigenvalue weighted by atomic mass is 10.0. The zero-order chi connectivity index (χ0) is 23.3. The van der Waals surface area contributed by atoms with Crippen LogP contribution >= 0.6 is 0 Å². The Kier molecular flexibility index (Phi) is 6.21. The zero-order valence-electron chi connectivity index (χ0n) is 18.7. The van der Waals surface area contributed by atoms with Crippen LogP contribution in [0.5, 0.6) is 5.75 Å². The standard InChI is InChI=1S/C28H25N3O3/c32-27(19-34-22-15-13-21(14-16-22)28(33)20-8-2-1-3-9-20)30-24-11-5-4-10-23(24)25-18-31-17-7-6-12-26(31)29-25/h1-5,8-11,13-16,18H,6-7,12,17,19H2,(H,30,32). The highest BCUT2D eigenvalue weighted by Crippen LogP contribution is 2.29. The van der Waals surface area contributed by atoms with Gasteiger partial charge in [-0.3, -0.25) is 9.59 Å². The fraction of sp³-hybridized carbons (Fsp3) is 0.179. The number of anilines is 1. The summed E-state index contributed by atoms with van der Waals surface area (Å²) < 4.78 is 7.85. The van der Waals surface area contributed by atoms with Crippen LogP contribution in [0.1, 0.15) is 34.6 Å². The van der Waals surface area contributed by atoms with Crippen LogP contribution in [0.2, 0.25) is 0 Å². The summed E-state index contributed by atoms with van der Waals surface area (Å²) in [4.78, 5) is 29.9. The minimum atomic E-state index is -0.263. The Morgan fingerprint density at radius 3 is 2.41 bits per heavy atom. The van der Waals surface area contributed by atoms with E-state index in [0.29, 0.717) is 22.6 Å². The van der Waals surface area contributed by atoms with Crippen LogP contribution in [0.3, 0.4) is 0 Å². The molecule has 0 aliphatic carbocycles. The van der Waals surface area contributed by atoms with Crippen molar-refractivity contribution in [3.05, 3.63) is 102 Å². The molecule has 2 heterocycles. The summed E-state index contributed by atoms with van der Waals surface area (Å²) in [7, 11) is 0. The molecular weight excluding hydrogens is 426 g/mol. The summed E-state index contributed by atoms with van der Waals surface area (Å²) in [6.45, 7) is 0.848. The maximum absolute atomic E-state index is 12.6. The number of rotatable bonds is 7. The van der Waals surface area contributed by atoms with Gasteiger partial charge in [-0.05, 0) is 43.2 Å². The number of hydrogen-bond acceptors (Lipinski definition) is 4. The molecule has 0 unspecified atom stereocenters. The maximum atomic E-state index is 12.6. The van der Waals surface area contributed by atoms with Crippen LogP contribution in [-0.2, 0) is 17.8 Å². The molecule has 5 rings (SSSR count). The van der Waals surface area contributed by atoms with Gasteiger partial charge in [-0.15, -0.1) is 0 Å². The van der Waals surface area contributed by atoms with Crippen molar-refractivity contribution in [1.82, 2.24) is 9.55 Å². The SMILES string of the molecule is O=C(COc1ccc(C(=O)c2ccccc2)cc1)Nc1ccccc1-c1cn2c(n1)CCCC2. The van der Waals surface area contributed by atoms with Crippen molar-refractivity contribution < 1.29 is 14.3 Å². The summed E-state index contributed by atoms with van der Waals surface area (Å²) in [6, 6.07) is 23.6. The normalized spacial score (nSPS) is 12.6. The van der Waals surface area contributed by atoms with Gasteiger partial charge in [0, 0.05) is 35.9 Å². The number of hydrogen-bond donors (Lipinski definition) is 1. The number of ketones is 1. The molecule has 1 aromatic heterocycles. The topological polar surface area (TPSA) is 73.2 Å². The molecule has 0 saturated carbocycles. The van der Waals surface area contributed by atoms with E-state index in [-0.39, 0.29) is 18.3 Å². The molecule has 34 heavy (non-hydrogen) atoms. The van der Waals surface area contributed by atoms with E-state index in [1.165, 1.54) is 6.42 Å². The number of imidazole rings is 1. The molecule has 6 heteroatoms. The molecule has 3 aromatic carbocycles. The lowest BCUT2D eigenvalue weighted by Crippen LogP contribution is -2.20. The molecule has 1 amide bonds. The Morgan fingerprint density at radius 1 is 0.882 bits per heavy atom. The van der Waals surface area contributed by atoms with E-state index in [1.54, 1.807) is 36.4 Å². The summed E-state index contributed by atoms with van der Waals surface area (Å²) in [6.07, 6.45) is 5.37. The molecule has 170 valence electrons. The van der Waals surface area contributed by atoms with Crippen molar-refractivity contribution in [3.8, 4) is 17.0 Å². The van der Waals surface area contributed by atoms with Gasteiger partial charge in [0.25, 0.3) is 5.91 Å². The second kappa shape index (κ2) is 9.75. The molecule has 0 fully saturated rings. The quantitative estimate of drug-likeness (QED) is 0.395. The van der Waals surface area contributed by atoms with E-state index in [2.05, 4.69) is 16.1 Å². The van der Waals surface area contributed by atoms with Crippen molar-refractivity contribution in [2.45, 2.75) is 25.8 Å². The van der Waals surface area contributed by atoms with Crippen molar-refractivity contribution in [2.75, 3.05) is 11.9 Å². The number of fused-ring (bicyclic) bond motifs is 1. The lowest BCUT2D eigenvalue weighted by molar-refractivity contribution is -0.118. The molecular formula is C28H25N3O3. The summed E-state index contributed by atoms with van der Waals surface area (Å²) in [5, 5.41) is 2.94. The molecule has 6 nitrogen and oxygen atoms in total. The Balaban J connectivity index is 1.22. The van der Waals surface area contributed by atoms with Crippen LogP contribution in [0.15, 0.2) is 85.1 Å². The number of nitrogens with one attached hydrogen (secondary N) is 1. The lowest BCUT2D eigenvalue weighted by Gasteiger charge is -2.11. The Hall–Kier alpha value is -4.19. The first kappa shape index (κ1) is 21.6.